The molecule has 1 aromatic rings. The highest BCUT2D eigenvalue weighted by molar-refractivity contribution is 6.30. The first-order chi connectivity index (χ1) is 8.24. The molecule has 2 aliphatic heterocycles. The summed E-state index contributed by atoms with van der Waals surface area (Å²) in [5.74, 6) is 1.06. The van der Waals surface area contributed by atoms with Crippen LogP contribution in [-0.4, -0.2) is 37.7 Å². The molecule has 0 amide bonds. The van der Waals surface area contributed by atoms with Crippen molar-refractivity contribution < 1.29 is 4.74 Å². The molecule has 0 spiro atoms. The van der Waals surface area contributed by atoms with Gasteiger partial charge in [-0.05, 0) is 24.7 Å². The van der Waals surface area contributed by atoms with Gasteiger partial charge >= 0.3 is 0 Å². The fourth-order valence-electron chi connectivity index (χ4n) is 2.45. The van der Waals surface area contributed by atoms with E-state index in [9.17, 15) is 0 Å². The Morgan fingerprint density at radius 1 is 1.44 bits per heavy atom. The molecule has 1 saturated heterocycles. The van der Waals surface area contributed by atoms with Gasteiger partial charge in [-0.3, -0.25) is 4.90 Å². The normalized spacial score (nSPS) is 17.9. The highest BCUT2D eigenvalue weighted by Gasteiger charge is 2.24. The van der Waals surface area contributed by atoms with Crippen LogP contribution in [0, 0.1) is 0 Å². The van der Waals surface area contributed by atoms with Crippen LogP contribution in [0.1, 0.15) is 11.1 Å². The molecule has 3 rings (SSSR count). The highest BCUT2D eigenvalue weighted by atomic mass is 35.5. The molecule has 100 valence electrons. The minimum Gasteiger partial charge on any atom is -0.493 e. The van der Waals surface area contributed by atoms with Gasteiger partial charge in [0.15, 0.2) is 0 Å². The van der Waals surface area contributed by atoms with Gasteiger partial charge in [-0.1, -0.05) is 11.6 Å². The number of halogens is 2. The van der Waals surface area contributed by atoms with Crippen LogP contribution in [-0.2, 0) is 13.0 Å². The summed E-state index contributed by atoms with van der Waals surface area (Å²) in [5, 5.41) is 4.12. The van der Waals surface area contributed by atoms with Gasteiger partial charge in [0, 0.05) is 42.7 Å². The van der Waals surface area contributed by atoms with E-state index in [0.29, 0.717) is 6.04 Å². The second-order valence-corrected chi connectivity index (χ2v) is 5.32. The number of hydrogen-bond donors (Lipinski definition) is 1. The molecular weight excluding hydrogens is 271 g/mol. The molecule has 0 aromatic heterocycles. The van der Waals surface area contributed by atoms with Crippen molar-refractivity contribution in [3.63, 3.8) is 0 Å². The third kappa shape index (κ3) is 2.59. The fraction of sp³-hybridized carbons (Fsp3) is 0.538. The number of hydrogen-bond acceptors (Lipinski definition) is 3. The zero-order chi connectivity index (χ0) is 11.8. The van der Waals surface area contributed by atoms with Crippen LogP contribution in [0.5, 0.6) is 5.75 Å². The molecule has 18 heavy (non-hydrogen) atoms. The molecule has 0 aliphatic carbocycles. The highest BCUT2D eigenvalue weighted by Crippen LogP contribution is 2.33. The van der Waals surface area contributed by atoms with Gasteiger partial charge in [-0.2, -0.15) is 0 Å². The van der Waals surface area contributed by atoms with Gasteiger partial charge in [0.2, 0.25) is 0 Å². The largest absolute Gasteiger partial charge is 0.493 e. The first-order valence-corrected chi connectivity index (χ1v) is 6.47. The Balaban J connectivity index is 0.00000120. The van der Waals surface area contributed by atoms with Crippen molar-refractivity contribution in [2.45, 2.75) is 19.0 Å². The Morgan fingerprint density at radius 3 is 2.89 bits per heavy atom. The minimum absolute atomic E-state index is 0. The lowest BCUT2D eigenvalue weighted by Crippen LogP contribution is -2.55. The van der Waals surface area contributed by atoms with Crippen molar-refractivity contribution >= 4 is 24.0 Å². The minimum atomic E-state index is 0. The number of benzene rings is 1. The van der Waals surface area contributed by atoms with Crippen molar-refractivity contribution in [3.8, 4) is 5.75 Å². The van der Waals surface area contributed by atoms with Gasteiger partial charge in [0.1, 0.15) is 5.75 Å². The van der Waals surface area contributed by atoms with Gasteiger partial charge < -0.3 is 10.1 Å². The second-order valence-electron chi connectivity index (χ2n) is 4.88. The summed E-state index contributed by atoms with van der Waals surface area (Å²) in [6, 6.07) is 4.71. The van der Waals surface area contributed by atoms with Crippen molar-refractivity contribution in [1.29, 1.82) is 0 Å². The fourth-order valence-corrected chi connectivity index (χ4v) is 2.71. The van der Waals surface area contributed by atoms with E-state index >= 15 is 0 Å². The molecule has 0 atom stereocenters. The molecule has 0 bridgehead atoms. The predicted molar refractivity (Wildman–Crippen MR) is 76.0 cm³/mol. The van der Waals surface area contributed by atoms with E-state index in [2.05, 4.69) is 17.3 Å². The Labute approximate surface area is 119 Å². The molecule has 1 N–H and O–H groups in total. The summed E-state index contributed by atoms with van der Waals surface area (Å²) in [6.07, 6.45) is 0.984. The van der Waals surface area contributed by atoms with Gasteiger partial charge in [0.05, 0.1) is 6.61 Å². The number of fused-ring (bicyclic) bond motifs is 1. The lowest BCUT2D eigenvalue weighted by molar-refractivity contribution is 0.171. The molecule has 0 radical (unpaired) electrons. The molecule has 2 heterocycles. The SMILES string of the molecule is CN(Cc1cc(Cl)cc2c1OCC2)C1CNC1.Cl. The maximum absolute atomic E-state index is 6.15. The monoisotopic (exact) mass is 288 g/mol. The Hall–Kier alpha value is -0.480. The van der Waals surface area contributed by atoms with Crippen LogP contribution in [0.4, 0.5) is 0 Å². The van der Waals surface area contributed by atoms with Gasteiger partial charge in [-0.15, -0.1) is 12.4 Å². The maximum atomic E-state index is 6.15. The topological polar surface area (TPSA) is 24.5 Å². The van der Waals surface area contributed by atoms with Crippen molar-refractivity contribution in [1.82, 2.24) is 10.2 Å². The summed E-state index contributed by atoms with van der Waals surface area (Å²) in [5.41, 5.74) is 2.48. The zero-order valence-electron chi connectivity index (χ0n) is 10.4. The zero-order valence-corrected chi connectivity index (χ0v) is 12.0. The second kappa shape index (κ2) is 5.66. The lowest BCUT2D eigenvalue weighted by atomic mass is 10.1. The van der Waals surface area contributed by atoms with Gasteiger partial charge in [-0.25, -0.2) is 0 Å². The van der Waals surface area contributed by atoms with Crippen molar-refractivity contribution in [3.05, 3.63) is 28.3 Å². The third-order valence-corrected chi connectivity index (χ3v) is 3.85. The molecular formula is C13H18Cl2N2O. The first kappa shape index (κ1) is 13.9. The van der Waals surface area contributed by atoms with Crippen LogP contribution in [0.3, 0.4) is 0 Å². The number of likely N-dealkylation sites (N-methyl/N-ethyl adjacent to an activating group) is 1. The van der Waals surface area contributed by atoms with E-state index < -0.39 is 0 Å². The van der Waals surface area contributed by atoms with E-state index in [1.165, 1.54) is 11.1 Å². The van der Waals surface area contributed by atoms with Crippen LogP contribution < -0.4 is 10.1 Å². The maximum Gasteiger partial charge on any atom is 0.127 e. The first-order valence-electron chi connectivity index (χ1n) is 6.09. The number of ether oxygens (including phenoxy) is 1. The molecule has 1 fully saturated rings. The summed E-state index contributed by atoms with van der Waals surface area (Å²) < 4.78 is 5.72. The molecule has 2 aliphatic rings. The summed E-state index contributed by atoms with van der Waals surface area (Å²) in [6.45, 7) is 3.87. The quantitative estimate of drug-likeness (QED) is 0.922. The van der Waals surface area contributed by atoms with Crippen LogP contribution in [0.15, 0.2) is 12.1 Å². The van der Waals surface area contributed by atoms with E-state index in [0.717, 1.165) is 43.4 Å². The smallest absolute Gasteiger partial charge is 0.127 e. The predicted octanol–water partition coefficient (Wildman–Crippen LogP) is 2.10. The van der Waals surface area contributed by atoms with Gasteiger partial charge in [0.25, 0.3) is 0 Å². The summed E-state index contributed by atoms with van der Waals surface area (Å²) in [4.78, 5) is 2.37. The van der Waals surface area contributed by atoms with E-state index in [-0.39, 0.29) is 12.4 Å². The molecule has 1 aromatic carbocycles. The summed E-state index contributed by atoms with van der Waals surface area (Å²) in [7, 11) is 2.16. The summed E-state index contributed by atoms with van der Waals surface area (Å²) >= 11 is 6.15. The Morgan fingerprint density at radius 2 is 2.22 bits per heavy atom. The molecule has 0 saturated carbocycles. The molecule has 0 unspecified atom stereocenters. The van der Waals surface area contributed by atoms with E-state index in [1.54, 1.807) is 0 Å². The van der Waals surface area contributed by atoms with E-state index in [1.807, 2.05) is 12.1 Å². The number of nitrogens with zero attached hydrogens (tertiary/aromatic N) is 1. The molecule has 5 heteroatoms. The average Bonchev–Trinajstić information content (AvgIpc) is 2.62. The molecule has 3 nitrogen and oxygen atoms in total. The number of rotatable bonds is 3. The standard InChI is InChI=1S/C13H17ClN2O.ClH/c1-16(12-6-15-7-12)8-10-5-11(14)4-9-2-3-17-13(9)10;/h4-5,12,15H,2-3,6-8H2,1H3;1H. The van der Waals surface area contributed by atoms with E-state index in [4.69, 9.17) is 16.3 Å². The van der Waals surface area contributed by atoms with Crippen molar-refractivity contribution in [2.75, 3.05) is 26.7 Å². The Bertz CT molecular complexity index is 435. The van der Waals surface area contributed by atoms with Crippen molar-refractivity contribution in [2.24, 2.45) is 0 Å². The number of nitrogens with one attached hydrogen (secondary N) is 1. The average molecular weight is 289 g/mol. The third-order valence-electron chi connectivity index (χ3n) is 3.63. The van der Waals surface area contributed by atoms with Crippen LogP contribution in [0.25, 0.3) is 0 Å². The van der Waals surface area contributed by atoms with Crippen LogP contribution >= 0.6 is 24.0 Å². The lowest BCUT2D eigenvalue weighted by Gasteiger charge is -2.35. The Kier molecular flexibility index (Phi) is 4.38. The van der Waals surface area contributed by atoms with Crippen LogP contribution in [0.2, 0.25) is 5.02 Å².